The normalized spacial score (nSPS) is 12.1. The lowest BCUT2D eigenvalue weighted by atomic mass is 10.0. The molecule has 2 amide bonds. The number of benzene rings is 2. The van der Waals surface area contributed by atoms with Crippen molar-refractivity contribution in [2.45, 2.75) is 38.7 Å². The summed E-state index contributed by atoms with van der Waals surface area (Å²) in [6, 6.07) is 6.74. The van der Waals surface area contributed by atoms with Crippen molar-refractivity contribution in [3.8, 4) is 11.3 Å². The van der Waals surface area contributed by atoms with Crippen molar-refractivity contribution < 1.29 is 35.9 Å². The van der Waals surface area contributed by atoms with Gasteiger partial charge in [0.05, 0.1) is 17.5 Å². The highest BCUT2D eigenvalue weighted by atomic mass is 19.4. The van der Waals surface area contributed by atoms with Crippen LogP contribution in [0.1, 0.15) is 46.9 Å². The van der Waals surface area contributed by atoms with Gasteiger partial charge in [-0.15, -0.1) is 0 Å². The van der Waals surface area contributed by atoms with Gasteiger partial charge in [-0.1, -0.05) is 24.3 Å². The number of alkyl halides is 6. The molecule has 0 unspecified atom stereocenters. The van der Waals surface area contributed by atoms with Crippen LogP contribution >= 0.6 is 0 Å². The van der Waals surface area contributed by atoms with E-state index < -0.39 is 41.0 Å². The van der Waals surface area contributed by atoms with Gasteiger partial charge in [-0.3, -0.25) is 9.59 Å². The monoisotopic (exact) mass is 513 g/mol. The summed E-state index contributed by atoms with van der Waals surface area (Å²) < 4.78 is 79.6. The Morgan fingerprint density at radius 2 is 1.50 bits per heavy atom. The molecule has 1 heterocycles. The summed E-state index contributed by atoms with van der Waals surface area (Å²) in [5, 5.41) is 6.41. The topological polar surface area (TPSA) is 116 Å². The molecular formula is C23H21F6N5O2. The lowest BCUT2D eigenvalue weighted by Gasteiger charge is -2.15. The second kappa shape index (κ2) is 9.55. The maximum absolute atomic E-state index is 13.0. The third-order valence-corrected chi connectivity index (χ3v) is 5.15. The molecular weight excluding hydrogens is 492 g/mol. The minimum atomic E-state index is -5.04. The summed E-state index contributed by atoms with van der Waals surface area (Å²) in [6.45, 7) is 3.61. The number of hydrogen-bond donors (Lipinski definition) is 3. The molecule has 2 aromatic carbocycles. The molecule has 0 fully saturated rings. The number of carbonyl (C=O) groups excluding carboxylic acids is 2. The van der Waals surface area contributed by atoms with Crippen molar-refractivity contribution >= 4 is 23.3 Å². The van der Waals surface area contributed by atoms with Crippen LogP contribution in [0.15, 0.2) is 42.5 Å². The number of amides is 2. The Morgan fingerprint density at radius 1 is 0.972 bits per heavy atom. The fraction of sp³-hybridized carbons (Fsp3) is 0.261. The molecule has 0 spiro atoms. The van der Waals surface area contributed by atoms with E-state index in [1.807, 2.05) is 13.8 Å². The zero-order chi connectivity index (χ0) is 27.0. The SMILES string of the molecule is CC(C)n1nc(-c2ccc(CC(=O)Nc3cc(C(F)(F)F)cc(C(F)(F)F)c3)cc2)c(C(N)=O)c1N. The average molecular weight is 513 g/mol. The highest BCUT2D eigenvalue weighted by Crippen LogP contribution is 2.37. The van der Waals surface area contributed by atoms with Crippen molar-refractivity contribution in [3.05, 3.63) is 64.7 Å². The molecule has 5 N–H and O–H groups in total. The van der Waals surface area contributed by atoms with Gasteiger partial charge >= 0.3 is 12.4 Å². The van der Waals surface area contributed by atoms with E-state index >= 15 is 0 Å². The van der Waals surface area contributed by atoms with Gasteiger partial charge in [-0.2, -0.15) is 31.4 Å². The number of nitrogens with two attached hydrogens (primary N) is 2. The van der Waals surface area contributed by atoms with E-state index in [0.29, 0.717) is 23.3 Å². The number of hydrogen-bond acceptors (Lipinski definition) is 4. The summed E-state index contributed by atoms with van der Waals surface area (Å²) in [5.41, 5.74) is 8.84. The smallest absolute Gasteiger partial charge is 0.383 e. The number of nitrogens with zero attached hydrogens (tertiary/aromatic N) is 2. The van der Waals surface area contributed by atoms with Crippen LogP contribution in [0.3, 0.4) is 0 Å². The first kappa shape index (κ1) is 26.6. The summed E-state index contributed by atoms with van der Waals surface area (Å²) >= 11 is 0. The van der Waals surface area contributed by atoms with Crippen LogP contribution in [0.4, 0.5) is 37.8 Å². The fourth-order valence-corrected chi connectivity index (χ4v) is 3.48. The second-order valence-electron chi connectivity index (χ2n) is 8.23. The third-order valence-electron chi connectivity index (χ3n) is 5.15. The van der Waals surface area contributed by atoms with Crippen molar-refractivity contribution in [1.29, 1.82) is 0 Å². The van der Waals surface area contributed by atoms with Crippen LogP contribution in [0.25, 0.3) is 11.3 Å². The van der Waals surface area contributed by atoms with Crippen molar-refractivity contribution in [1.82, 2.24) is 9.78 Å². The van der Waals surface area contributed by atoms with E-state index in [9.17, 15) is 35.9 Å². The summed E-state index contributed by atoms with van der Waals surface area (Å²) in [4.78, 5) is 24.3. The van der Waals surface area contributed by atoms with E-state index in [0.717, 1.165) is 0 Å². The van der Waals surface area contributed by atoms with Crippen LogP contribution in [0.5, 0.6) is 0 Å². The largest absolute Gasteiger partial charge is 0.416 e. The number of carbonyl (C=O) groups is 2. The quantitative estimate of drug-likeness (QED) is 0.401. The van der Waals surface area contributed by atoms with Crippen molar-refractivity contribution in [2.24, 2.45) is 5.73 Å². The number of anilines is 2. The predicted molar refractivity (Wildman–Crippen MR) is 120 cm³/mol. The average Bonchev–Trinajstić information content (AvgIpc) is 3.10. The summed E-state index contributed by atoms with van der Waals surface area (Å²) in [7, 11) is 0. The number of rotatable bonds is 6. The van der Waals surface area contributed by atoms with Crippen LogP contribution in [-0.4, -0.2) is 21.6 Å². The van der Waals surface area contributed by atoms with E-state index in [-0.39, 0.29) is 35.6 Å². The lowest BCUT2D eigenvalue weighted by Crippen LogP contribution is -2.17. The molecule has 0 saturated heterocycles. The van der Waals surface area contributed by atoms with Gasteiger partial charge in [0.1, 0.15) is 17.1 Å². The number of nitrogens with one attached hydrogen (secondary N) is 1. The molecule has 0 bridgehead atoms. The first-order valence-corrected chi connectivity index (χ1v) is 10.4. The number of halogens is 6. The number of aromatic nitrogens is 2. The third kappa shape index (κ3) is 5.78. The first-order chi connectivity index (χ1) is 16.6. The zero-order valence-corrected chi connectivity index (χ0v) is 19.0. The van der Waals surface area contributed by atoms with Gasteiger partial charge in [-0.25, -0.2) is 4.68 Å². The highest BCUT2D eigenvalue weighted by molar-refractivity contribution is 6.03. The van der Waals surface area contributed by atoms with Gasteiger partial charge in [0, 0.05) is 17.3 Å². The fourth-order valence-electron chi connectivity index (χ4n) is 3.48. The predicted octanol–water partition coefficient (Wildman–Crippen LogP) is 5.03. The molecule has 0 saturated carbocycles. The van der Waals surface area contributed by atoms with Crippen LogP contribution in [-0.2, 0) is 23.6 Å². The Balaban J connectivity index is 1.83. The first-order valence-electron chi connectivity index (χ1n) is 10.4. The van der Waals surface area contributed by atoms with Gasteiger partial charge < -0.3 is 16.8 Å². The highest BCUT2D eigenvalue weighted by Gasteiger charge is 2.37. The van der Waals surface area contributed by atoms with Gasteiger partial charge in [-0.05, 0) is 37.6 Å². The molecule has 3 aromatic rings. The maximum atomic E-state index is 13.0. The second-order valence-corrected chi connectivity index (χ2v) is 8.23. The molecule has 3 rings (SSSR count). The Morgan fingerprint density at radius 3 is 1.94 bits per heavy atom. The molecule has 0 aliphatic carbocycles. The molecule has 36 heavy (non-hydrogen) atoms. The minimum Gasteiger partial charge on any atom is -0.383 e. The Kier molecular flexibility index (Phi) is 7.05. The molecule has 1 aromatic heterocycles. The Hall–Kier alpha value is -4.03. The molecule has 0 aliphatic heterocycles. The van der Waals surface area contributed by atoms with E-state index in [2.05, 4.69) is 10.4 Å². The van der Waals surface area contributed by atoms with Crippen LogP contribution in [0.2, 0.25) is 0 Å². The minimum absolute atomic E-state index is 0.0257. The van der Waals surface area contributed by atoms with Crippen LogP contribution in [0, 0.1) is 0 Å². The molecule has 13 heteroatoms. The zero-order valence-electron chi connectivity index (χ0n) is 19.0. The molecule has 192 valence electrons. The lowest BCUT2D eigenvalue weighted by molar-refractivity contribution is -0.143. The van der Waals surface area contributed by atoms with E-state index in [4.69, 9.17) is 11.5 Å². The molecule has 7 nitrogen and oxygen atoms in total. The van der Waals surface area contributed by atoms with Gasteiger partial charge in [0.15, 0.2) is 0 Å². The Labute approximate surface area is 201 Å². The number of nitrogen functional groups attached to an aromatic ring is 1. The van der Waals surface area contributed by atoms with E-state index in [1.165, 1.54) is 28.9 Å². The van der Waals surface area contributed by atoms with Crippen molar-refractivity contribution in [3.63, 3.8) is 0 Å². The van der Waals surface area contributed by atoms with Crippen molar-refractivity contribution in [2.75, 3.05) is 11.1 Å². The summed E-state index contributed by atoms with van der Waals surface area (Å²) in [5.74, 6) is -1.52. The standard InChI is InChI=1S/C23H21F6N5O2/c1-11(2)34-20(30)18(21(31)36)19(33-34)13-5-3-12(4-6-13)7-17(35)32-16-9-14(22(24,25)26)8-15(10-16)23(27,28)29/h3-6,8-11H,7,30H2,1-2H3,(H2,31,36)(H,32,35). The Bertz CT molecular complexity index is 1260. The van der Waals surface area contributed by atoms with Gasteiger partial charge in [0.2, 0.25) is 5.91 Å². The molecule has 0 aliphatic rings. The number of primary amides is 1. The molecule has 0 radical (unpaired) electrons. The molecule has 0 atom stereocenters. The summed E-state index contributed by atoms with van der Waals surface area (Å²) in [6.07, 6.45) is -10.4. The van der Waals surface area contributed by atoms with Gasteiger partial charge in [0.25, 0.3) is 5.91 Å². The van der Waals surface area contributed by atoms with Crippen LogP contribution < -0.4 is 16.8 Å². The maximum Gasteiger partial charge on any atom is 0.416 e. The van der Waals surface area contributed by atoms with E-state index in [1.54, 1.807) is 0 Å².